The predicted octanol–water partition coefficient (Wildman–Crippen LogP) is 4.14. The molecule has 0 aliphatic carbocycles. The number of benzene rings is 2. The van der Waals surface area contributed by atoms with E-state index >= 15 is 0 Å². The molecule has 0 aromatic heterocycles. The standard InChI is InChI=1S/C21H25N3O/c1-4-16(2)19-9-11-20(12-10-19)23-21(25)15-24(3)14-18-7-5-17(13-22)6-8-18/h5-12,16H,4,14-15H2,1-3H3,(H,23,25). The van der Waals surface area contributed by atoms with Gasteiger partial charge in [-0.15, -0.1) is 0 Å². The van der Waals surface area contributed by atoms with E-state index in [9.17, 15) is 4.79 Å². The molecule has 130 valence electrons. The Bertz CT molecular complexity index is 729. The van der Waals surface area contributed by atoms with Crippen molar-refractivity contribution in [3.05, 3.63) is 65.2 Å². The van der Waals surface area contributed by atoms with Crippen LogP contribution in [0.15, 0.2) is 48.5 Å². The molecule has 0 aliphatic heterocycles. The fourth-order valence-electron chi connectivity index (χ4n) is 2.63. The van der Waals surface area contributed by atoms with Gasteiger partial charge in [0.1, 0.15) is 0 Å². The highest BCUT2D eigenvalue weighted by molar-refractivity contribution is 5.92. The molecular weight excluding hydrogens is 310 g/mol. The van der Waals surface area contributed by atoms with Gasteiger partial charge in [-0.25, -0.2) is 0 Å². The van der Waals surface area contributed by atoms with Crippen molar-refractivity contribution in [2.45, 2.75) is 32.7 Å². The van der Waals surface area contributed by atoms with E-state index in [4.69, 9.17) is 5.26 Å². The zero-order valence-corrected chi connectivity index (χ0v) is 15.1. The summed E-state index contributed by atoms with van der Waals surface area (Å²) in [5.41, 5.74) is 3.83. The summed E-state index contributed by atoms with van der Waals surface area (Å²) < 4.78 is 0. The number of hydrogen-bond acceptors (Lipinski definition) is 3. The lowest BCUT2D eigenvalue weighted by Gasteiger charge is -2.17. The normalized spacial score (nSPS) is 11.8. The van der Waals surface area contributed by atoms with Crippen LogP contribution in [-0.2, 0) is 11.3 Å². The number of carbonyl (C=O) groups is 1. The molecule has 0 saturated heterocycles. The average Bonchev–Trinajstić information content (AvgIpc) is 2.62. The lowest BCUT2D eigenvalue weighted by molar-refractivity contribution is -0.117. The van der Waals surface area contributed by atoms with Crippen LogP contribution in [0.3, 0.4) is 0 Å². The fourth-order valence-corrected chi connectivity index (χ4v) is 2.63. The Balaban J connectivity index is 1.85. The zero-order valence-electron chi connectivity index (χ0n) is 15.1. The molecule has 0 saturated carbocycles. The highest BCUT2D eigenvalue weighted by Gasteiger charge is 2.08. The molecule has 4 nitrogen and oxygen atoms in total. The highest BCUT2D eigenvalue weighted by atomic mass is 16.2. The van der Waals surface area contributed by atoms with Gasteiger partial charge in [0, 0.05) is 12.2 Å². The van der Waals surface area contributed by atoms with Crippen LogP contribution in [0.2, 0.25) is 0 Å². The number of nitrogens with zero attached hydrogens (tertiary/aromatic N) is 2. The van der Waals surface area contributed by atoms with E-state index in [0.29, 0.717) is 24.6 Å². The van der Waals surface area contributed by atoms with Gasteiger partial charge in [-0.1, -0.05) is 38.1 Å². The van der Waals surface area contributed by atoms with E-state index in [0.717, 1.165) is 17.7 Å². The average molecular weight is 335 g/mol. The van der Waals surface area contributed by atoms with Gasteiger partial charge >= 0.3 is 0 Å². The molecule has 2 aromatic rings. The summed E-state index contributed by atoms with van der Waals surface area (Å²) in [6.45, 7) is 5.34. The summed E-state index contributed by atoms with van der Waals surface area (Å²) in [6, 6.07) is 17.6. The lowest BCUT2D eigenvalue weighted by atomic mass is 9.99. The molecule has 0 aliphatic rings. The van der Waals surface area contributed by atoms with Crippen molar-refractivity contribution in [3.63, 3.8) is 0 Å². The van der Waals surface area contributed by atoms with Gasteiger partial charge < -0.3 is 5.32 Å². The molecule has 0 radical (unpaired) electrons. The number of anilines is 1. The van der Waals surface area contributed by atoms with Gasteiger partial charge in [-0.05, 0) is 54.8 Å². The van der Waals surface area contributed by atoms with Crippen molar-refractivity contribution in [3.8, 4) is 6.07 Å². The zero-order chi connectivity index (χ0) is 18.2. The Morgan fingerprint density at radius 3 is 2.36 bits per heavy atom. The van der Waals surface area contributed by atoms with Crippen molar-refractivity contribution < 1.29 is 4.79 Å². The molecule has 0 heterocycles. The van der Waals surface area contributed by atoms with Gasteiger partial charge in [0.2, 0.25) is 5.91 Å². The summed E-state index contributed by atoms with van der Waals surface area (Å²) in [5.74, 6) is 0.496. The molecule has 4 heteroatoms. The fraction of sp³-hybridized carbons (Fsp3) is 0.333. The largest absolute Gasteiger partial charge is 0.325 e. The molecular formula is C21H25N3O. The first-order valence-electron chi connectivity index (χ1n) is 8.59. The summed E-state index contributed by atoms with van der Waals surface area (Å²) in [4.78, 5) is 14.1. The van der Waals surface area contributed by atoms with Crippen LogP contribution >= 0.6 is 0 Å². The van der Waals surface area contributed by atoms with E-state index in [1.807, 2.05) is 36.2 Å². The van der Waals surface area contributed by atoms with Gasteiger partial charge in [0.25, 0.3) is 0 Å². The SMILES string of the molecule is CCC(C)c1ccc(NC(=O)CN(C)Cc2ccc(C#N)cc2)cc1. The Morgan fingerprint density at radius 1 is 1.16 bits per heavy atom. The summed E-state index contributed by atoms with van der Waals surface area (Å²) in [5, 5.41) is 11.8. The second-order valence-electron chi connectivity index (χ2n) is 6.46. The molecule has 0 bridgehead atoms. The van der Waals surface area contributed by atoms with Crippen molar-refractivity contribution in [1.82, 2.24) is 4.90 Å². The molecule has 1 atom stereocenters. The minimum Gasteiger partial charge on any atom is -0.325 e. The Kier molecular flexibility index (Phi) is 6.73. The van der Waals surface area contributed by atoms with Gasteiger partial charge in [-0.3, -0.25) is 9.69 Å². The van der Waals surface area contributed by atoms with Crippen molar-refractivity contribution in [1.29, 1.82) is 5.26 Å². The van der Waals surface area contributed by atoms with E-state index in [2.05, 4.69) is 37.4 Å². The smallest absolute Gasteiger partial charge is 0.238 e. The van der Waals surface area contributed by atoms with Crippen LogP contribution < -0.4 is 5.32 Å². The number of nitrogens with one attached hydrogen (secondary N) is 1. The summed E-state index contributed by atoms with van der Waals surface area (Å²) >= 11 is 0. The topological polar surface area (TPSA) is 56.1 Å². The molecule has 2 aromatic carbocycles. The minimum atomic E-state index is -0.0348. The molecule has 1 unspecified atom stereocenters. The Hall–Kier alpha value is -2.64. The molecule has 2 rings (SSSR count). The summed E-state index contributed by atoms with van der Waals surface area (Å²) in [6.07, 6.45) is 1.10. The second-order valence-corrected chi connectivity index (χ2v) is 6.46. The monoisotopic (exact) mass is 335 g/mol. The van der Waals surface area contributed by atoms with Crippen LogP contribution in [0.4, 0.5) is 5.69 Å². The number of nitriles is 1. The van der Waals surface area contributed by atoms with E-state index in [-0.39, 0.29) is 5.91 Å². The van der Waals surface area contributed by atoms with E-state index in [1.54, 1.807) is 12.1 Å². The second kappa shape index (κ2) is 9.00. The highest BCUT2D eigenvalue weighted by Crippen LogP contribution is 2.20. The van der Waals surface area contributed by atoms with Crippen molar-refractivity contribution >= 4 is 11.6 Å². The van der Waals surface area contributed by atoms with Crippen LogP contribution in [0, 0.1) is 11.3 Å². The third-order valence-electron chi connectivity index (χ3n) is 4.32. The maximum absolute atomic E-state index is 12.2. The van der Waals surface area contributed by atoms with Crippen LogP contribution in [0.25, 0.3) is 0 Å². The maximum atomic E-state index is 12.2. The van der Waals surface area contributed by atoms with Gasteiger partial charge in [-0.2, -0.15) is 5.26 Å². The summed E-state index contributed by atoms with van der Waals surface area (Å²) in [7, 11) is 1.91. The molecule has 0 fully saturated rings. The first-order valence-corrected chi connectivity index (χ1v) is 8.59. The van der Waals surface area contributed by atoms with E-state index < -0.39 is 0 Å². The first kappa shape index (κ1) is 18.7. The minimum absolute atomic E-state index is 0.0348. The Morgan fingerprint density at radius 2 is 1.80 bits per heavy atom. The van der Waals surface area contributed by atoms with Crippen LogP contribution in [0.5, 0.6) is 0 Å². The molecule has 1 amide bonds. The Labute approximate surface area is 150 Å². The lowest BCUT2D eigenvalue weighted by Crippen LogP contribution is -2.29. The van der Waals surface area contributed by atoms with Gasteiger partial charge in [0.05, 0.1) is 18.2 Å². The van der Waals surface area contributed by atoms with Crippen LogP contribution in [-0.4, -0.2) is 24.4 Å². The number of rotatable bonds is 7. The molecule has 25 heavy (non-hydrogen) atoms. The third-order valence-corrected chi connectivity index (χ3v) is 4.32. The number of carbonyl (C=O) groups excluding carboxylic acids is 1. The molecule has 0 spiro atoms. The third kappa shape index (κ3) is 5.74. The number of amides is 1. The predicted molar refractivity (Wildman–Crippen MR) is 101 cm³/mol. The van der Waals surface area contributed by atoms with Crippen molar-refractivity contribution in [2.75, 3.05) is 18.9 Å². The number of likely N-dealkylation sites (N-methyl/N-ethyl adjacent to an activating group) is 1. The van der Waals surface area contributed by atoms with E-state index in [1.165, 1.54) is 5.56 Å². The van der Waals surface area contributed by atoms with Crippen LogP contribution in [0.1, 0.15) is 42.9 Å². The quantitative estimate of drug-likeness (QED) is 0.827. The maximum Gasteiger partial charge on any atom is 0.238 e. The first-order chi connectivity index (χ1) is 12.0. The van der Waals surface area contributed by atoms with Crippen molar-refractivity contribution in [2.24, 2.45) is 0 Å². The van der Waals surface area contributed by atoms with Gasteiger partial charge in [0.15, 0.2) is 0 Å². The molecule has 1 N–H and O–H groups in total. The number of hydrogen-bond donors (Lipinski definition) is 1.